The van der Waals surface area contributed by atoms with Gasteiger partial charge in [0.25, 0.3) is 0 Å². The molecule has 354 valence electrons. The number of esters is 2. The Balaban J connectivity index is 1.14. The van der Waals surface area contributed by atoms with Crippen molar-refractivity contribution in [2.75, 3.05) is 6.61 Å². The average Bonchev–Trinajstić information content (AvgIpc) is 3.73. The maximum Gasteiger partial charge on any atom is 0.508 e. The molecule has 18 heteroatoms. The summed E-state index contributed by atoms with van der Waals surface area (Å²) in [5.41, 5.74) is -0.0553. The molecule has 6 rings (SSSR count). The highest BCUT2D eigenvalue weighted by molar-refractivity contribution is 7.18. The van der Waals surface area contributed by atoms with E-state index in [4.69, 9.17) is 44.8 Å². The highest BCUT2D eigenvalue weighted by Gasteiger charge is 2.53. The first-order valence-corrected chi connectivity index (χ1v) is 22.8. The molecule has 0 spiro atoms. The number of carbonyl (C=O) groups excluding carboxylic acids is 4. The fraction of sp³-hybridized carbons (Fsp3) is 0.553. The smallest absolute Gasteiger partial charge is 0.460 e. The van der Waals surface area contributed by atoms with E-state index in [1.165, 1.54) is 24.3 Å². The molecule has 3 fully saturated rings. The monoisotopic (exact) mass is 943 g/mol. The largest absolute Gasteiger partial charge is 0.508 e. The van der Waals surface area contributed by atoms with Crippen molar-refractivity contribution in [3.8, 4) is 5.75 Å². The van der Waals surface area contributed by atoms with Crippen LogP contribution in [-0.2, 0) is 49.4 Å². The van der Waals surface area contributed by atoms with E-state index < -0.39 is 96.2 Å². The molecule has 0 amide bonds. The summed E-state index contributed by atoms with van der Waals surface area (Å²) in [7, 11) is 0. The molecule has 4 N–H and O–H groups in total. The van der Waals surface area contributed by atoms with Crippen LogP contribution in [-0.4, -0.2) is 111 Å². The summed E-state index contributed by atoms with van der Waals surface area (Å²) in [4.78, 5) is 58.7. The van der Waals surface area contributed by atoms with E-state index in [2.05, 4.69) is 18.1 Å². The van der Waals surface area contributed by atoms with Gasteiger partial charge in [0.1, 0.15) is 55.3 Å². The Labute approximate surface area is 386 Å². The van der Waals surface area contributed by atoms with Gasteiger partial charge in [-0.25, -0.2) is 14.6 Å². The van der Waals surface area contributed by atoms with E-state index in [0.717, 1.165) is 20.8 Å². The Morgan fingerprint density at radius 1 is 1.02 bits per heavy atom. The number of ketones is 1. The molecule has 0 bridgehead atoms. The summed E-state index contributed by atoms with van der Waals surface area (Å²) < 4.78 is 40.9. The van der Waals surface area contributed by atoms with Crippen LogP contribution in [0.2, 0.25) is 5.02 Å². The van der Waals surface area contributed by atoms with Gasteiger partial charge in [0.05, 0.1) is 55.8 Å². The third kappa shape index (κ3) is 11.7. The standard InChI is InChI=1S/C47H58ClNO15S/c1-8-11-28-40(63-45(57)59-23-26-13-15-31(29(48)19-26)61-44-39(54)37(52)38(53)41(62-44)43(56)58-18-9-2)24(3)12-10-17-47(7)35(64-47)21-32(27-14-16-33-30(20-27)49-25(4)65-33)60-36(51)22-34(50)46(5,6)42(28)55/h8-9,13-16,19-20,24,28,32,34-35,37-41,44,50,52-54H,1-2,10-12,17-18,21-23H2,3-7H3/t24-,28+,32-,34-,35-,37-,38-,39+,40-,41-,44+,47+/m0/s1. The first-order chi connectivity index (χ1) is 30.8. The van der Waals surface area contributed by atoms with Gasteiger partial charge in [-0.1, -0.05) is 69.7 Å². The molecular formula is C47H58ClNO15S. The van der Waals surface area contributed by atoms with Crippen molar-refractivity contribution in [2.24, 2.45) is 17.3 Å². The van der Waals surface area contributed by atoms with Crippen LogP contribution in [0, 0.1) is 24.2 Å². The first kappa shape index (κ1) is 50.0. The molecule has 16 nitrogen and oxygen atoms in total. The average molecular weight is 944 g/mol. The maximum absolute atomic E-state index is 14.5. The van der Waals surface area contributed by atoms with Crippen LogP contribution < -0.4 is 4.74 Å². The Hall–Kier alpha value is -4.46. The molecule has 0 saturated carbocycles. The molecule has 12 atom stereocenters. The molecular weight excluding hydrogens is 886 g/mol. The van der Waals surface area contributed by atoms with Crippen molar-refractivity contribution in [2.45, 2.75) is 140 Å². The summed E-state index contributed by atoms with van der Waals surface area (Å²) in [6.07, 6.45) is -8.52. The number of ether oxygens (including phenoxy) is 7. The predicted octanol–water partition coefficient (Wildman–Crippen LogP) is 6.39. The minimum atomic E-state index is -1.83. The first-order valence-electron chi connectivity index (χ1n) is 21.6. The molecule has 2 aromatic carbocycles. The molecule has 3 aliphatic heterocycles. The summed E-state index contributed by atoms with van der Waals surface area (Å²) in [6, 6.07) is 10.1. The molecule has 65 heavy (non-hydrogen) atoms. The van der Waals surface area contributed by atoms with Crippen LogP contribution in [0.1, 0.15) is 88.5 Å². The van der Waals surface area contributed by atoms with Crippen molar-refractivity contribution in [3.05, 3.63) is 82.9 Å². The van der Waals surface area contributed by atoms with Crippen LogP contribution >= 0.6 is 22.9 Å². The number of rotatable bonds is 11. The quantitative estimate of drug-likeness (QED) is 0.0707. The zero-order chi connectivity index (χ0) is 47.4. The van der Waals surface area contributed by atoms with E-state index >= 15 is 0 Å². The zero-order valence-corrected chi connectivity index (χ0v) is 38.6. The fourth-order valence-corrected chi connectivity index (χ4v) is 9.44. The number of aliphatic hydroxyl groups is 4. The Morgan fingerprint density at radius 3 is 2.48 bits per heavy atom. The third-order valence-electron chi connectivity index (χ3n) is 12.5. The van der Waals surface area contributed by atoms with Crippen LogP contribution in [0.3, 0.4) is 0 Å². The number of fused-ring (bicyclic) bond motifs is 2. The lowest BCUT2D eigenvalue weighted by molar-refractivity contribution is -0.272. The molecule has 1 aromatic heterocycles. The fourth-order valence-electron chi connectivity index (χ4n) is 8.39. The van der Waals surface area contributed by atoms with E-state index in [-0.39, 0.29) is 42.4 Å². The SMILES string of the molecule is C=CCOC(=O)[C@H]1O[C@@H](Oc2ccc(COC(=O)O[C@H]3[C@@H](C)CCC[C@@]4(C)O[C@H]4C[C@@H](c4ccc5sc(C)nc5c4)OC(=O)C[C@H](O)C(C)(C)C(=O)[C@@H]3CC=C)cc2Cl)[C@H](O)[C@@H](O)[C@@H]1O. The van der Waals surface area contributed by atoms with Crippen LogP contribution in [0.4, 0.5) is 4.79 Å². The number of aliphatic hydroxyl groups excluding tert-OH is 4. The summed E-state index contributed by atoms with van der Waals surface area (Å²) in [5.74, 6) is -3.53. The van der Waals surface area contributed by atoms with Gasteiger partial charge in [0.15, 0.2) is 6.10 Å². The molecule has 3 saturated heterocycles. The van der Waals surface area contributed by atoms with E-state index in [9.17, 15) is 39.6 Å². The van der Waals surface area contributed by atoms with Crippen molar-refractivity contribution >= 4 is 57.0 Å². The Kier molecular flexibility index (Phi) is 16.2. The topological polar surface area (TPSA) is 230 Å². The molecule has 0 aliphatic carbocycles. The molecule has 3 aromatic rings. The highest BCUT2D eigenvalue weighted by Crippen LogP contribution is 2.47. The number of benzene rings is 2. The van der Waals surface area contributed by atoms with Gasteiger partial charge >= 0.3 is 18.1 Å². The maximum atomic E-state index is 14.5. The number of thiazole rings is 1. The number of aromatic nitrogens is 1. The van der Waals surface area contributed by atoms with Crippen molar-refractivity contribution in [1.82, 2.24) is 4.98 Å². The number of nitrogens with zero attached hydrogens (tertiary/aromatic N) is 1. The summed E-state index contributed by atoms with van der Waals surface area (Å²) >= 11 is 8.06. The van der Waals surface area contributed by atoms with Crippen molar-refractivity contribution in [1.29, 1.82) is 0 Å². The van der Waals surface area contributed by atoms with Gasteiger partial charge in [0.2, 0.25) is 6.29 Å². The number of aryl methyl sites for hydroxylation is 1. The van der Waals surface area contributed by atoms with Crippen LogP contribution in [0.15, 0.2) is 61.7 Å². The van der Waals surface area contributed by atoms with E-state index in [1.807, 2.05) is 39.0 Å². The number of hydrogen-bond acceptors (Lipinski definition) is 17. The lowest BCUT2D eigenvalue weighted by Gasteiger charge is -2.39. The lowest BCUT2D eigenvalue weighted by Crippen LogP contribution is -2.61. The van der Waals surface area contributed by atoms with E-state index in [0.29, 0.717) is 31.2 Å². The van der Waals surface area contributed by atoms with E-state index in [1.54, 1.807) is 31.3 Å². The number of allylic oxidation sites excluding steroid dienone is 1. The number of hydrogen-bond donors (Lipinski definition) is 4. The molecule has 3 aliphatic rings. The lowest BCUT2D eigenvalue weighted by atomic mass is 9.71. The number of cyclic esters (lactones) is 1. The number of Topliss-reactive ketones (excluding diaryl/α,β-unsaturated/α-hetero) is 1. The van der Waals surface area contributed by atoms with Crippen LogP contribution in [0.25, 0.3) is 10.2 Å². The number of epoxide rings is 1. The molecule has 4 heterocycles. The highest BCUT2D eigenvalue weighted by atomic mass is 35.5. The Morgan fingerprint density at radius 2 is 1.77 bits per heavy atom. The molecule has 0 unspecified atom stereocenters. The van der Waals surface area contributed by atoms with Gasteiger partial charge in [-0.2, -0.15) is 0 Å². The van der Waals surface area contributed by atoms with Crippen molar-refractivity contribution in [3.63, 3.8) is 0 Å². The second-order valence-electron chi connectivity index (χ2n) is 17.7. The van der Waals surface area contributed by atoms with Gasteiger partial charge < -0.3 is 53.6 Å². The number of halogens is 1. The minimum Gasteiger partial charge on any atom is -0.460 e. The number of carbonyl (C=O) groups is 4. The zero-order valence-electron chi connectivity index (χ0n) is 37.1. The van der Waals surface area contributed by atoms with Crippen molar-refractivity contribution < 1.29 is 72.8 Å². The Bertz CT molecular complexity index is 2230. The second kappa shape index (κ2) is 21.0. The second-order valence-corrected chi connectivity index (χ2v) is 19.4. The molecule has 0 radical (unpaired) electrons. The summed E-state index contributed by atoms with van der Waals surface area (Å²) in [5, 5.41) is 43.7. The summed E-state index contributed by atoms with van der Waals surface area (Å²) in [6.45, 7) is 15.7. The van der Waals surface area contributed by atoms with Crippen LogP contribution in [0.5, 0.6) is 5.75 Å². The normalized spacial score (nSPS) is 32.1. The predicted molar refractivity (Wildman–Crippen MR) is 237 cm³/mol. The van der Waals surface area contributed by atoms with Gasteiger partial charge in [-0.05, 0) is 74.4 Å². The third-order valence-corrected chi connectivity index (χ3v) is 13.7. The van der Waals surface area contributed by atoms with Gasteiger partial charge in [-0.15, -0.1) is 17.9 Å². The van der Waals surface area contributed by atoms with Gasteiger partial charge in [-0.3, -0.25) is 9.59 Å². The van der Waals surface area contributed by atoms with Gasteiger partial charge in [0, 0.05) is 6.42 Å². The minimum absolute atomic E-state index is 0.0209.